The van der Waals surface area contributed by atoms with E-state index < -0.39 is 41.2 Å². The SMILES string of the molecule is CC(C)c1cc(Oc2c(Cl)cc(-n3nc(C#N)c(=O)[nH]c3=O)cc2Cl)nn(COC(=O)C(N)C(C)C)c1=O.Cl. The Kier molecular flexibility index (Phi) is 10.4. The van der Waals surface area contributed by atoms with Gasteiger partial charge in [-0.3, -0.25) is 19.4 Å². The number of hydrogen-bond acceptors (Lipinski definition) is 10. The van der Waals surface area contributed by atoms with Crippen LogP contribution in [0.5, 0.6) is 11.6 Å². The van der Waals surface area contributed by atoms with Crippen LogP contribution in [0.3, 0.4) is 0 Å². The van der Waals surface area contributed by atoms with Crippen molar-refractivity contribution in [3.8, 4) is 23.4 Å². The number of ether oxygens (including phenoxy) is 2. The highest BCUT2D eigenvalue weighted by molar-refractivity contribution is 6.37. The molecule has 2 heterocycles. The fourth-order valence-corrected chi connectivity index (χ4v) is 3.65. The number of carbonyl (C=O) groups is 1. The van der Waals surface area contributed by atoms with Crippen LogP contribution < -0.4 is 27.3 Å². The van der Waals surface area contributed by atoms with Gasteiger partial charge in [0, 0.05) is 11.6 Å². The molecule has 3 N–H and O–H groups in total. The predicted octanol–water partition coefficient (Wildman–Crippen LogP) is 2.48. The number of carbonyl (C=O) groups excluding carboxylic acids is 1. The normalized spacial score (nSPS) is 11.6. The highest BCUT2D eigenvalue weighted by Crippen LogP contribution is 2.37. The van der Waals surface area contributed by atoms with Gasteiger partial charge < -0.3 is 15.2 Å². The number of nitrogens with zero attached hydrogens (tertiary/aromatic N) is 5. The van der Waals surface area contributed by atoms with Crippen molar-refractivity contribution in [2.24, 2.45) is 11.7 Å². The van der Waals surface area contributed by atoms with Crippen molar-refractivity contribution in [1.29, 1.82) is 5.26 Å². The Bertz CT molecular complexity index is 1580. The number of halogens is 3. The average Bonchev–Trinajstić information content (AvgIpc) is 2.85. The van der Waals surface area contributed by atoms with Crippen molar-refractivity contribution in [1.82, 2.24) is 24.5 Å². The maximum absolute atomic E-state index is 12.9. The molecule has 0 saturated carbocycles. The molecular formula is C23H24Cl3N7O6. The maximum Gasteiger partial charge on any atom is 0.349 e. The summed E-state index contributed by atoms with van der Waals surface area (Å²) in [7, 11) is 0. The van der Waals surface area contributed by atoms with Gasteiger partial charge in [0.15, 0.2) is 12.5 Å². The van der Waals surface area contributed by atoms with E-state index in [0.29, 0.717) is 5.56 Å². The van der Waals surface area contributed by atoms with Crippen molar-refractivity contribution in [3.05, 3.63) is 70.7 Å². The molecule has 0 radical (unpaired) electrons. The van der Waals surface area contributed by atoms with Gasteiger partial charge in [-0.15, -0.1) is 22.6 Å². The van der Waals surface area contributed by atoms with Gasteiger partial charge in [0.2, 0.25) is 11.6 Å². The highest BCUT2D eigenvalue weighted by atomic mass is 35.5. The average molecular weight is 601 g/mol. The molecule has 0 bridgehead atoms. The van der Waals surface area contributed by atoms with E-state index in [9.17, 15) is 19.2 Å². The van der Waals surface area contributed by atoms with Crippen LogP contribution in [0.1, 0.15) is 44.9 Å². The van der Waals surface area contributed by atoms with Crippen LogP contribution in [0.2, 0.25) is 10.0 Å². The molecule has 0 aliphatic carbocycles. The largest absolute Gasteiger partial charge is 0.441 e. The molecule has 1 atom stereocenters. The van der Waals surface area contributed by atoms with E-state index in [1.54, 1.807) is 33.8 Å². The molecule has 0 aliphatic rings. The first kappa shape index (κ1) is 31.5. The molecule has 39 heavy (non-hydrogen) atoms. The summed E-state index contributed by atoms with van der Waals surface area (Å²) in [6.45, 7) is 6.58. The number of aromatic nitrogens is 5. The Morgan fingerprint density at radius 2 is 1.74 bits per heavy atom. The van der Waals surface area contributed by atoms with E-state index in [1.807, 2.05) is 4.98 Å². The summed E-state index contributed by atoms with van der Waals surface area (Å²) in [4.78, 5) is 50.8. The van der Waals surface area contributed by atoms with Crippen molar-refractivity contribution in [2.75, 3.05) is 0 Å². The molecule has 0 fully saturated rings. The fraction of sp³-hybridized carbons (Fsp3) is 0.348. The van der Waals surface area contributed by atoms with Gasteiger partial charge in [0.1, 0.15) is 12.1 Å². The molecule has 0 aliphatic heterocycles. The Morgan fingerprint density at radius 3 is 2.28 bits per heavy atom. The van der Waals surface area contributed by atoms with Gasteiger partial charge in [-0.05, 0) is 24.0 Å². The second-order valence-corrected chi connectivity index (χ2v) is 9.55. The van der Waals surface area contributed by atoms with E-state index in [1.165, 1.54) is 18.2 Å². The lowest BCUT2D eigenvalue weighted by Gasteiger charge is -2.17. The molecule has 0 spiro atoms. The number of benzene rings is 1. The van der Waals surface area contributed by atoms with E-state index in [4.69, 9.17) is 43.7 Å². The van der Waals surface area contributed by atoms with Gasteiger partial charge in [-0.25, -0.2) is 4.79 Å². The maximum atomic E-state index is 12.9. The zero-order valence-corrected chi connectivity index (χ0v) is 23.4. The first-order chi connectivity index (χ1) is 17.8. The zero-order chi connectivity index (χ0) is 28.3. The van der Waals surface area contributed by atoms with E-state index in [2.05, 4.69) is 10.2 Å². The summed E-state index contributed by atoms with van der Waals surface area (Å²) >= 11 is 12.7. The molecule has 3 rings (SSSR count). The summed E-state index contributed by atoms with van der Waals surface area (Å²) in [5.41, 5.74) is 3.26. The monoisotopic (exact) mass is 599 g/mol. The summed E-state index contributed by atoms with van der Waals surface area (Å²) in [6.07, 6.45) is 0. The second-order valence-electron chi connectivity index (χ2n) is 8.73. The topological polar surface area (TPSA) is 188 Å². The van der Waals surface area contributed by atoms with Gasteiger partial charge in [0.05, 0.1) is 15.7 Å². The Morgan fingerprint density at radius 1 is 1.13 bits per heavy atom. The molecule has 3 aromatic rings. The quantitative estimate of drug-likeness (QED) is 0.363. The standard InChI is InChI=1S/C23H23Cl2N7O6.ClH/c1-10(2)13-7-17(30-31(21(13)34)9-37-22(35)18(27)11(3)4)38-19-14(24)5-12(6-15(19)25)32-23(36)28-20(33)16(8-26)29-32;/h5-7,10-11,18H,9,27H2,1-4H3,(H,28,33,36);1H. The third-order valence-corrected chi connectivity index (χ3v) is 5.85. The van der Waals surface area contributed by atoms with Crippen LogP contribution >= 0.6 is 35.6 Å². The number of aromatic amines is 1. The van der Waals surface area contributed by atoms with Crippen LogP contribution in [0, 0.1) is 17.2 Å². The second kappa shape index (κ2) is 12.9. The van der Waals surface area contributed by atoms with Crippen LogP contribution in [0.25, 0.3) is 5.69 Å². The molecule has 13 nitrogen and oxygen atoms in total. The van der Waals surface area contributed by atoms with Crippen molar-refractivity contribution in [2.45, 2.75) is 46.4 Å². The Hall–Kier alpha value is -3.70. The first-order valence-electron chi connectivity index (χ1n) is 11.2. The van der Waals surface area contributed by atoms with Gasteiger partial charge in [0.25, 0.3) is 11.1 Å². The van der Waals surface area contributed by atoms with Gasteiger partial charge >= 0.3 is 11.7 Å². The summed E-state index contributed by atoms with van der Waals surface area (Å²) < 4.78 is 12.6. The lowest BCUT2D eigenvalue weighted by atomic mass is 10.1. The van der Waals surface area contributed by atoms with Crippen molar-refractivity contribution < 1.29 is 14.3 Å². The highest BCUT2D eigenvalue weighted by Gasteiger charge is 2.21. The van der Waals surface area contributed by atoms with Crippen molar-refractivity contribution in [3.63, 3.8) is 0 Å². The van der Waals surface area contributed by atoms with Crippen molar-refractivity contribution >= 4 is 41.6 Å². The molecular weight excluding hydrogens is 577 g/mol. The predicted molar refractivity (Wildman–Crippen MR) is 144 cm³/mol. The Labute approximate surface area is 237 Å². The van der Waals surface area contributed by atoms with Gasteiger partial charge in [-0.2, -0.15) is 14.6 Å². The molecule has 1 unspecified atom stereocenters. The van der Waals surface area contributed by atoms with E-state index in [0.717, 1.165) is 9.36 Å². The first-order valence-corrected chi connectivity index (χ1v) is 11.9. The number of nitrogens with one attached hydrogen (secondary N) is 1. The molecule has 0 amide bonds. The van der Waals surface area contributed by atoms with Crippen LogP contribution in [0.15, 0.2) is 32.6 Å². The fourth-order valence-electron chi connectivity index (χ4n) is 3.10. The summed E-state index contributed by atoms with van der Waals surface area (Å²) in [5.74, 6) is -1.26. The van der Waals surface area contributed by atoms with Crippen LogP contribution in [-0.4, -0.2) is 36.6 Å². The third kappa shape index (κ3) is 7.04. The third-order valence-electron chi connectivity index (χ3n) is 5.29. The van der Waals surface area contributed by atoms with Gasteiger partial charge in [-0.1, -0.05) is 50.9 Å². The number of nitrogens with two attached hydrogens (primary N) is 1. The lowest BCUT2D eigenvalue weighted by molar-refractivity contribution is -0.150. The minimum absolute atomic E-state index is 0. The van der Waals surface area contributed by atoms with E-state index in [-0.39, 0.29) is 51.6 Å². The number of rotatable bonds is 8. The molecule has 0 saturated heterocycles. The smallest absolute Gasteiger partial charge is 0.349 e. The van der Waals surface area contributed by atoms with E-state index >= 15 is 0 Å². The minimum Gasteiger partial charge on any atom is -0.441 e. The summed E-state index contributed by atoms with van der Waals surface area (Å²) in [5, 5.41) is 16.7. The summed E-state index contributed by atoms with van der Waals surface area (Å²) in [6, 6.07) is 4.64. The van der Waals surface area contributed by atoms with Crippen LogP contribution in [0.4, 0.5) is 0 Å². The van der Waals surface area contributed by atoms with Crippen LogP contribution in [-0.2, 0) is 16.3 Å². The molecule has 16 heteroatoms. The molecule has 208 valence electrons. The lowest BCUT2D eigenvalue weighted by Crippen LogP contribution is -2.38. The number of hydrogen-bond donors (Lipinski definition) is 2. The molecule has 2 aromatic heterocycles. The number of nitriles is 1. The number of esters is 1. The zero-order valence-electron chi connectivity index (χ0n) is 21.1. The number of H-pyrrole nitrogens is 1. The minimum atomic E-state index is -0.940. The molecule has 1 aromatic carbocycles. The Balaban J connectivity index is 0.00000533.